The molecule has 104 valence electrons. The van der Waals surface area contributed by atoms with Crippen molar-refractivity contribution in [2.75, 3.05) is 13.7 Å². The van der Waals surface area contributed by atoms with E-state index in [1.807, 2.05) is 20.8 Å². The Kier molecular flexibility index (Phi) is 4.99. The highest BCUT2D eigenvalue weighted by atomic mass is 16.6. The molecule has 1 amide bonds. The Morgan fingerprint density at radius 1 is 1.22 bits per heavy atom. The van der Waals surface area contributed by atoms with Crippen LogP contribution in [-0.4, -0.2) is 31.3 Å². The average molecular weight is 257 g/mol. The topological polar surface area (TPSA) is 64.6 Å². The van der Waals surface area contributed by atoms with Crippen LogP contribution in [0.3, 0.4) is 0 Å². The van der Waals surface area contributed by atoms with Gasteiger partial charge in [-0.2, -0.15) is 0 Å². The molecule has 0 aromatic rings. The smallest absolute Gasteiger partial charge is 0.407 e. The molecule has 0 aliphatic heterocycles. The molecule has 5 nitrogen and oxygen atoms in total. The predicted octanol–water partition coefficient (Wildman–Crippen LogP) is 2.10. The molecule has 18 heavy (non-hydrogen) atoms. The molecular formula is C13H23NO4. The Hall–Kier alpha value is -1.26. The number of amides is 1. The Balaban J connectivity index is 2.24. The van der Waals surface area contributed by atoms with Crippen LogP contribution in [0.1, 0.15) is 40.0 Å². The first-order valence-electron chi connectivity index (χ1n) is 6.35. The van der Waals surface area contributed by atoms with Crippen molar-refractivity contribution in [3.8, 4) is 0 Å². The van der Waals surface area contributed by atoms with Gasteiger partial charge in [-0.15, -0.1) is 0 Å². The highest BCUT2D eigenvalue weighted by Crippen LogP contribution is 2.36. The van der Waals surface area contributed by atoms with Crippen molar-refractivity contribution >= 4 is 12.1 Å². The summed E-state index contributed by atoms with van der Waals surface area (Å²) in [4.78, 5) is 22.6. The largest absolute Gasteiger partial charge is 0.469 e. The van der Waals surface area contributed by atoms with Crippen molar-refractivity contribution in [3.63, 3.8) is 0 Å². The SMILES string of the molecule is COC(=O)C[C@@H]1CC[C@H]1CNC(=O)OC(C)(C)C. The fraction of sp³-hybridized carbons (Fsp3) is 0.846. The summed E-state index contributed by atoms with van der Waals surface area (Å²) < 4.78 is 9.80. The zero-order chi connectivity index (χ0) is 13.8. The van der Waals surface area contributed by atoms with Crippen LogP contribution in [0.25, 0.3) is 0 Å². The summed E-state index contributed by atoms with van der Waals surface area (Å²) in [5.41, 5.74) is -0.477. The lowest BCUT2D eigenvalue weighted by molar-refractivity contribution is -0.143. The van der Waals surface area contributed by atoms with Crippen LogP contribution in [0.2, 0.25) is 0 Å². The Morgan fingerprint density at radius 3 is 2.28 bits per heavy atom. The summed E-state index contributed by atoms with van der Waals surface area (Å²) >= 11 is 0. The van der Waals surface area contributed by atoms with Crippen LogP contribution < -0.4 is 5.32 Å². The molecule has 1 saturated carbocycles. The lowest BCUT2D eigenvalue weighted by atomic mass is 9.72. The maximum absolute atomic E-state index is 11.5. The summed E-state index contributed by atoms with van der Waals surface area (Å²) in [5, 5.41) is 2.75. The van der Waals surface area contributed by atoms with Gasteiger partial charge in [0.25, 0.3) is 0 Å². The van der Waals surface area contributed by atoms with Crippen LogP contribution in [-0.2, 0) is 14.3 Å². The number of ether oxygens (including phenoxy) is 2. The molecule has 0 aromatic heterocycles. The molecule has 0 heterocycles. The van der Waals surface area contributed by atoms with Gasteiger partial charge in [-0.05, 0) is 45.4 Å². The zero-order valence-electron chi connectivity index (χ0n) is 11.6. The van der Waals surface area contributed by atoms with Crippen molar-refractivity contribution in [3.05, 3.63) is 0 Å². The van der Waals surface area contributed by atoms with E-state index in [2.05, 4.69) is 10.1 Å². The molecule has 1 rings (SSSR count). The maximum Gasteiger partial charge on any atom is 0.407 e. The number of rotatable bonds is 4. The monoisotopic (exact) mass is 257 g/mol. The lowest BCUT2D eigenvalue weighted by Crippen LogP contribution is -2.40. The molecule has 1 N–H and O–H groups in total. The Bertz CT molecular complexity index is 309. The van der Waals surface area contributed by atoms with E-state index in [1.54, 1.807) is 0 Å². The lowest BCUT2D eigenvalue weighted by Gasteiger charge is -2.36. The number of esters is 1. The van der Waals surface area contributed by atoms with Crippen LogP contribution in [0.4, 0.5) is 4.79 Å². The fourth-order valence-corrected chi connectivity index (χ4v) is 2.00. The van der Waals surface area contributed by atoms with Gasteiger partial charge in [0.05, 0.1) is 7.11 Å². The van der Waals surface area contributed by atoms with Crippen molar-refractivity contribution < 1.29 is 19.1 Å². The van der Waals surface area contributed by atoms with Gasteiger partial charge < -0.3 is 14.8 Å². The molecule has 0 unspecified atom stereocenters. The van der Waals surface area contributed by atoms with E-state index in [0.717, 1.165) is 12.8 Å². The minimum absolute atomic E-state index is 0.179. The van der Waals surface area contributed by atoms with E-state index >= 15 is 0 Å². The molecule has 0 aromatic carbocycles. The number of carbonyl (C=O) groups excluding carboxylic acids is 2. The molecule has 1 fully saturated rings. The minimum Gasteiger partial charge on any atom is -0.469 e. The van der Waals surface area contributed by atoms with Crippen LogP contribution >= 0.6 is 0 Å². The number of alkyl carbamates (subject to hydrolysis) is 1. The van der Waals surface area contributed by atoms with E-state index in [-0.39, 0.29) is 5.97 Å². The highest BCUT2D eigenvalue weighted by Gasteiger charge is 2.33. The second-order valence-electron chi connectivity index (χ2n) is 5.76. The average Bonchev–Trinajstić information content (AvgIpc) is 2.21. The van der Waals surface area contributed by atoms with Crippen molar-refractivity contribution in [1.82, 2.24) is 5.32 Å². The van der Waals surface area contributed by atoms with E-state index in [4.69, 9.17) is 4.74 Å². The summed E-state index contributed by atoms with van der Waals surface area (Å²) in [7, 11) is 1.40. The van der Waals surface area contributed by atoms with Gasteiger partial charge in [0.15, 0.2) is 0 Å². The molecule has 0 saturated heterocycles. The quantitative estimate of drug-likeness (QED) is 0.783. The third-order valence-corrected chi connectivity index (χ3v) is 3.14. The van der Waals surface area contributed by atoms with Gasteiger partial charge in [-0.1, -0.05) is 0 Å². The summed E-state index contributed by atoms with van der Waals surface area (Å²) in [6.45, 7) is 6.05. The molecule has 2 atom stereocenters. The number of methoxy groups -OCH3 is 1. The fourth-order valence-electron chi connectivity index (χ4n) is 2.00. The van der Waals surface area contributed by atoms with E-state index < -0.39 is 11.7 Å². The summed E-state index contributed by atoms with van der Waals surface area (Å²) in [6.07, 6.45) is 2.11. The summed E-state index contributed by atoms with van der Waals surface area (Å²) in [6, 6.07) is 0. The Morgan fingerprint density at radius 2 is 1.83 bits per heavy atom. The standard InChI is InChI=1S/C13H23NO4/c1-13(2,3)18-12(16)14-8-10-6-5-9(10)7-11(15)17-4/h9-10H,5-8H2,1-4H3,(H,14,16)/t9-,10-/m0/s1. The van der Waals surface area contributed by atoms with E-state index in [1.165, 1.54) is 7.11 Å². The first kappa shape index (κ1) is 14.8. The summed E-state index contributed by atoms with van der Waals surface area (Å²) in [5.74, 6) is 0.506. The maximum atomic E-state index is 11.5. The third kappa shape index (κ3) is 4.94. The number of hydrogen-bond donors (Lipinski definition) is 1. The van der Waals surface area contributed by atoms with Crippen LogP contribution in [0, 0.1) is 11.8 Å². The van der Waals surface area contributed by atoms with Gasteiger partial charge in [-0.25, -0.2) is 4.79 Å². The predicted molar refractivity (Wildman–Crippen MR) is 67.1 cm³/mol. The number of carbonyl (C=O) groups is 2. The third-order valence-electron chi connectivity index (χ3n) is 3.14. The van der Waals surface area contributed by atoms with Crippen molar-refractivity contribution in [2.24, 2.45) is 11.8 Å². The number of hydrogen-bond acceptors (Lipinski definition) is 4. The number of nitrogens with one attached hydrogen (secondary N) is 1. The minimum atomic E-state index is -0.477. The van der Waals surface area contributed by atoms with Crippen molar-refractivity contribution in [1.29, 1.82) is 0 Å². The van der Waals surface area contributed by atoms with Crippen LogP contribution in [0.5, 0.6) is 0 Å². The molecule has 1 aliphatic carbocycles. The van der Waals surface area contributed by atoms with Crippen LogP contribution in [0.15, 0.2) is 0 Å². The normalized spacial score (nSPS) is 22.9. The molecule has 0 bridgehead atoms. The first-order chi connectivity index (χ1) is 8.31. The van der Waals surface area contributed by atoms with Gasteiger partial charge in [0.2, 0.25) is 0 Å². The van der Waals surface area contributed by atoms with Gasteiger partial charge in [0.1, 0.15) is 5.60 Å². The molecular weight excluding hydrogens is 234 g/mol. The molecule has 0 radical (unpaired) electrons. The second kappa shape index (κ2) is 6.07. The second-order valence-corrected chi connectivity index (χ2v) is 5.76. The molecule has 5 heteroatoms. The van der Waals surface area contributed by atoms with Gasteiger partial charge >= 0.3 is 12.1 Å². The molecule has 1 aliphatic rings. The highest BCUT2D eigenvalue weighted by molar-refractivity contribution is 5.69. The zero-order valence-corrected chi connectivity index (χ0v) is 11.6. The van der Waals surface area contributed by atoms with E-state index in [9.17, 15) is 9.59 Å². The van der Waals surface area contributed by atoms with Gasteiger partial charge in [-0.3, -0.25) is 4.79 Å². The first-order valence-corrected chi connectivity index (χ1v) is 6.35. The van der Waals surface area contributed by atoms with E-state index in [0.29, 0.717) is 24.8 Å². The van der Waals surface area contributed by atoms with Crippen molar-refractivity contribution in [2.45, 2.75) is 45.6 Å². The van der Waals surface area contributed by atoms with Gasteiger partial charge in [0, 0.05) is 13.0 Å². The molecule has 0 spiro atoms. The Labute approximate surface area is 108 Å².